The van der Waals surface area contributed by atoms with Crippen molar-refractivity contribution >= 4 is 39.7 Å². The van der Waals surface area contributed by atoms with E-state index in [1.807, 2.05) is 19.9 Å². The minimum absolute atomic E-state index is 0.0709. The summed E-state index contributed by atoms with van der Waals surface area (Å²) in [6.45, 7) is 3.69. The number of carbonyl (C=O) groups is 1. The Hall–Kier alpha value is -1.94. The Kier molecular flexibility index (Phi) is 3.64. The van der Waals surface area contributed by atoms with E-state index in [9.17, 15) is 4.79 Å². The molecule has 1 aliphatic carbocycles. The Morgan fingerprint density at radius 1 is 1.14 bits per heavy atom. The fraction of sp³-hybridized carbons (Fsp3) is 0.294. The summed E-state index contributed by atoms with van der Waals surface area (Å²) in [5.74, 6) is -0.156. The molecule has 0 aromatic heterocycles. The van der Waals surface area contributed by atoms with E-state index in [0.29, 0.717) is 5.11 Å². The van der Waals surface area contributed by atoms with Crippen LogP contribution in [0.1, 0.15) is 25.0 Å². The molecule has 2 aromatic rings. The first-order valence-electron chi connectivity index (χ1n) is 7.21. The number of rotatable bonds is 2. The first-order chi connectivity index (χ1) is 10.1. The predicted molar refractivity (Wildman–Crippen MR) is 90.6 cm³/mol. The monoisotopic (exact) mass is 298 g/mol. The van der Waals surface area contributed by atoms with Crippen molar-refractivity contribution < 1.29 is 4.79 Å². The predicted octanol–water partition coefficient (Wildman–Crippen LogP) is 3.41. The smallest absolute Gasteiger partial charge is 0.228 e. The first kappa shape index (κ1) is 14.0. The van der Waals surface area contributed by atoms with E-state index in [2.05, 4.69) is 34.9 Å². The van der Waals surface area contributed by atoms with Gasteiger partial charge in [0.25, 0.3) is 0 Å². The molecule has 2 aromatic carbocycles. The fourth-order valence-corrected chi connectivity index (χ4v) is 2.98. The molecule has 1 amide bonds. The normalized spacial score (nSPS) is 12.7. The highest BCUT2D eigenvalue weighted by Crippen LogP contribution is 2.34. The van der Waals surface area contributed by atoms with Crippen LogP contribution in [0, 0.1) is 5.92 Å². The molecule has 0 spiro atoms. The van der Waals surface area contributed by atoms with Gasteiger partial charge >= 0.3 is 0 Å². The van der Waals surface area contributed by atoms with E-state index in [1.165, 1.54) is 21.9 Å². The van der Waals surface area contributed by atoms with Crippen molar-refractivity contribution in [3.63, 3.8) is 0 Å². The van der Waals surface area contributed by atoms with Crippen LogP contribution in [0.5, 0.6) is 0 Å². The summed E-state index contributed by atoms with van der Waals surface area (Å²) in [5.41, 5.74) is 3.73. The fourth-order valence-electron chi connectivity index (χ4n) is 2.77. The van der Waals surface area contributed by atoms with Crippen molar-refractivity contribution in [3.05, 3.63) is 41.5 Å². The minimum Gasteiger partial charge on any atom is -0.332 e. The lowest BCUT2D eigenvalue weighted by atomic mass is 10.0. The lowest BCUT2D eigenvalue weighted by Crippen LogP contribution is -2.36. The standard InChI is InChI=1S/C17H18N2OS/c1-10(2)16(20)19-17(21)18-14-9-8-12-7-6-11-4-3-5-13(14)15(11)12/h3-5,8-10H,6-7H2,1-2H3,(H2,18,19,20,21). The van der Waals surface area contributed by atoms with E-state index in [4.69, 9.17) is 12.2 Å². The van der Waals surface area contributed by atoms with Crippen LogP contribution in [-0.2, 0) is 17.6 Å². The third-order valence-corrected chi connectivity index (χ3v) is 4.09. The summed E-state index contributed by atoms with van der Waals surface area (Å²) in [4.78, 5) is 11.7. The number of hydrogen-bond acceptors (Lipinski definition) is 2. The highest BCUT2D eigenvalue weighted by atomic mass is 32.1. The molecule has 0 saturated heterocycles. The van der Waals surface area contributed by atoms with E-state index in [1.54, 1.807) is 0 Å². The highest BCUT2D eigenvalue weighted by molar-refractivity contribution is 7.80. The topological polar surface area (TPSA) is 41.1 Å². The lowest BCUT2D eigenvalue weighted by molar-refractivity contribution is -0.122. The second kappa shape index (κ2) is 5.45. The van der Waals surface area contributed by atoms with Crippen LogP contribution in [0.2, 0.25) is 0 Å². The summed E-state index contributed by atoms with van der Waals surface area (Å²) >= 11 is 5.23. The minimum atomic E-state index is -0.0856. The molecule has 2 N–H and O–H groups in total. The number of aryl methyl sites for hydroxylation is 2. The second-order valence-electron chi connectivity index (χ2n) is 5.71. The van der Waals surface area contributed by atoms with Gasteiger partial charge in [0.05, 0.1) is 0 Å². The molecular formula is C17H18N2OS. The van der Waals surface area contributed by atoms with E-state index >= 15 is 0 Å². The molecule has 3 nitrogen and oxygen atoms in total. The van der Waals surface area contributed by atoms with Gasteiger partial charge < -0.3 is 10.6 Å². The first-order valence-corrected chi connectivity index (χ1v) is 7.62. The van der Waals surface area contributed by atoms with Crippen molar-refractivity contribution in [2.45, 2.75) is 26.7 Å². The van der Waals surface area contributed by atoms with Crippen LogP contribution in [0.15, 0.2) is 30.3 Å². The molecule has 0 saturated carbocycles. The molecule has 21 heavy (non-hydrogen) atoms. The Morgan fingerprint density at radius 2 is 1.86 bits per heavy atom. The van der Waals surface area contributed by atoms with Gasteiger partial charge in [-0.1, -0.05) is 38.1 Å². The number of amides is 1. The second-order valence-corrected chi connectivity index (χ2v) is 6.12. The van der Waals surface area contributed by atoms with Crippen molar-refractivity contribution in [1.29, 1.82) is 0 Å². The largest absolute Gasteiger partial charge is 0.332 e. The molecule has 0 fully saturated rings. The van der Waals surface area contributed by atoms with Crippen LogP contribution in [0.3, 0.4) is 0 Å². The molecule has 3 rings (SSSR count). The summed E-state index contributed by atoms with van der Waals surface area (Å²) in [5, 5.41) is 8.73. The maximum absolute atomic E-state index is 11.7. The maximum Gasteiger partial charge on any atom is 0.228 e. The van der Waals surface area contributed by atoms with E-state index < -0.39 is 0 Å². The molecular weight excluding hydrogens is 280 g/mol. The Bertz CT molecular complexity index is 727. The van der Waals surface area contributed by atoms with Crippen molar-refractivity contribution in [2.24, 2.45) is 5.92 Å². The molecule has 0 radical (unpaired) electrons. The van der Waals surface area contributed by atoms with Crippen LogP contribution < -0.4 is 10.6 Å². The quantitative estimate of drug-likeness (QED) is 0.835. The average Bonchev–Trinajstić information content (AvgIpc) is 2.87. The highest BCUT2D eigenvalue weighted by Gasteiger charge is 2.16. The van der Waals surface area contributed by atoms with E-state index in [-0.39, 0.29) is 11.8 Å². The number of nitrogens with one attached hydrogen (secondary N) is 2. The average molecular weight is 298 g/mol. The Labute approximate surface area is 129 Å². The summed E-state index contributed by atoms with van der Waals surface area (Å²) < 4.78 is 0. The van der Waals surface area contributed by atoms with Gasteiger partial charge in [-0.3, -0.25) is 4.79 Å². The van der Waals surface area contributed by atoms with Crippen molar-refractivity contribution in [3.8, 4) is 0 Å². The molecule has 108 valence electrons. The van der Waals surface area contributed by atoms with Gasteiger partial charge in [-0.15, -0.1) is 0 Å². The Morgan fingerprint density at radius 3 is 2.57 bits per heavy atom. The van der Waals surface area contributed by atoms with Crippen LogP contribution >= 0.6 is 12.2 Å². The maximum atomic E-state index is 11.7. The van der Waals surface area contributed by atoms with Gasteiger partial charge in [-0.05, 0) is 47.6 Å². The molecule has 0 atom stereocenters. The molecule has 4 heteroatoms. The number of thiocarbonyl (C=S) groups is 1. The van der Waals surface area contributed by atoms with Gasteiger partial charge in [-0.25, -0.2) is 0 Å². The summed E-state index contributed by atoms with van der Waals surface area (Å²) in [6, 6.07) is 10.5. The zero-order valence-electron chi connectivity index (χ0n) is 12.2. The molecule has 0 heterocycles. The van der Waals surface area contributed by atoms with Gasteiger partial charge in [0.2, 0.25) is 5.91 Å². The lowest BCUT2D eigenvalue weighted by Gasteiger charge is -2.14. The van der Waals surface area contributed by atoms with Gasteiger partial charge in [0.15, 0.2) is 5.11 Å². The van der Waals surface area contributed by atoms with Gasteiger partial charge in [-0.2, -0.15) is 0 Å². The molecule has 0 unspecified atom stereocenters. The SMILES string of the molecule is CC(C)C(=O)NC(=S)Nc1ccc2c3c(cccc13)CC2. The summed E-state index contributed by atoms with van der Waals surface area (Å²) in [6.07, 6.45) is 2.20. The Balaban J connectivity index is 1.89. The van der Waals surface area contributed by atoms with E-state index in [0.717, 1.165) is 18.5 Å². The molecule has 1 aliphatic rings. The van der Waals surface area contributed by atoms with Gasteiger partial charge in [0.1, 0.15) is 0 Å². The molecule has 0 aliphatic heterocycles. The van der Waals surface area contributed by atoms with Crippen LogP contribution in [-0.4, -0.2) is 11.0 Å². The number of anilines is 1. The van der Waals surface area contributed by atoms with Crippen molar-refractivity contribution in [1.82, 2.24) is 5.32 Å². The molecule has 0 bridgehead atoms. The van der Waals surface area contributed by atoms with Crippen LogP contribution in [0.25, 0.3) is 10.8 Å². The number of benzene rings is 2. The van der Waals surface area contributed by atoms with Gasteiger partial charge in [0, 0.05) is 17.0 Å². The van der Waals surface area contributed by atoms with Crippen molar-refractivity contribution in [2.75, 3.05) is 5.32 Å². The van der Waals surface area contributed by atoms with Crippen LogP contribution in [0.4, 0.5) is 5.69 Å². The number of hydrogen-bond donors (Lipinski definition) is 2. The third kappa shape index (κ3) is 2.63. The summed E-state index contributed by atoms with van der Waals surface area (Å²) in [7, 11) is 0. The third-order valence-electron chi connectivity index (χ3n) is 3.89. The number of carbonyl (C=O) groups excluding carboxylic acids is 1. The zero-order chi connectivity index (χ0) is 15.0. The zero-order valence-corrected chi connectivity index (χ0v) is 13.0.